The molecule has 0 unspecified atom stereocenters. The second-order valence-electron chi connectivity index (χ2n) is 8.79. The van der Waals surface area contributed by atoms with E-state index in [2.05, 4.69) is 16.6 Å². The van der Waals surface area contributed by atoms with Gasteiger partial charge < -0.3 is 14.2 Å². The van der Waals surface area contributed by atoms with Crippen molar-refractivity contribution in [2.45, 2.75) is 20.4 Å². The van der Waals surface area contributed by atoms with E-state index in [0.717, 1.165) is 33.9 Å². The van der Waals surface area contributed by atoms with Gasteiger partial charge in [0.2, 0.25) is 0 Å². The number of aryl methyl sites for hydroxylation is 1. The minimum atomic E-state index is -0.490. The van der Waals surface area contributed by atoms with E-state index >= 15 is 0 Å². The number of morpholine rings is 1. The van der Waals surface area contributed by atoms with Crippen LogP contribution in [-0.4, -0.2) is 53.4 Å². The number of halogens is 2. The molecule has 1 aliphatic rings. The molecule has 0 aliphatic carbocycles. The van der Waals surface area contributed by atoms with Crippen LogP contribution in [0.15, 0.2) is 59.8 Å². The third-order valence-corrected chi connectivity index (χ3v) is 7.11. The third kappa shape index (κ3) is 4.94. The summed E-state index contributed by atoms with van der Waals surface area (Å²) < 4.78 is 7.47. The van der Waals surface area contributed by atoms with Gasteiger partial charge in [0.15, 0.2) is 5.78 Å². The highest BCUT2D eigenvalue weighted by Crippen LogP contribution is 2.32. The van der Waals surface area contributed by atoms with E-state index in [1.807, 2.05) is 36.4 Å². The molecule has 0 saturated carbocycles. The number of fused-ring (bicyclic) bond motifs is 3. The topological polar surface area (TPSA) is 73.1 Å². The fourth-order valence-electron chi connectivity index (χ4n) is 4.60. The maximum atomic E-state index is 13.3. The van der Waals surface area contributed by atoms with E-state index in [4.69, 9.17) is 32.8 Å². The molecule has 190 valence electrons. The van der Waals surface area contributed by atoms with E-state index in [9.17, 15) is 9.59 Å². The van der Waals surface area contributed by atoms with Gasteiger partial charge in [0.05, 0.1) is 23.9 Å². The van der Waals surface area contributed by atoms with Crippen molar-refractivity contribution in [1.29, 1.82) is 0 Å². The van der Waals surface area contributed by atoms with Crippen molar-refractivity contribution in [1.82, 2.24) is 9.47 Å². The number of nitrogens with zero attached hydrogens (tertiary/aromatic N) is 3. The zero-order valence-corrected chi connectivity index (χ0v) is 22.0. The summed E-state index contributed by atoms with van der Waals surface area (Å²) in [4.78, 5) is 32.4. The van der Waals surface area contributed by atoms with E-state index in [0.29, 0.717) is 53.2 Å². The minimum Gasteiger partial charge on any atom is -0.378 e. The lowest BCUT2D eigenvalue weighted by atomic mass is 10.0. The lowest BCUT2D eigenvalue weighted by molar-refractivity contribution is 0.0279. The SMILES string of the molecule is CCn1c2ccc(C(=O)c3ccc(Cl)cc3Cl)cc2c2cc(C(C)=NOC(=O)N3CCOCC3)ccc21. The summed E-state index contributed by atoms with van der Waals surface area (Å²) >= 11 is 12.3. The summed E-state index contributed by atoms with van der Waals surface area (Å²) in [5.41, 5.74) is 4.36. The maximum Gasteiger partial charge on any atom is 0.436 e. The fourth-order valence-corrected chi connectivity index (χ4v) is 5.10. The monoisotopic (exact) mass is 537 g/mol. The standard InChI is InChI=1S/C28H25Cl2N3O4/c1-3-33-25-8-4-18(17(2)31-37-28(35)32-10-12-36-13-11-32)14-22(25)23-15-19(5-9-26(23)33)27(34)21-7-6-20(29)16-24(21)30/h4-9,14-16H,3,10-13H2,1-2H3. The second-order valence-corrected chi connectivity index (χ2v) is 9.64. The number of aromatic nitrogens is 1. The number of ether oxygens (including phenoxy) is 1. The van der Waals surface area contributed by atoms with Crippen molar-refractivity contribution in [2.24, 2.45) is 5.16 Å². The predicted octanol–water partition coefficient (Wildman–Crippen LogP) is 6.55. The first-order valence-electron chi connectivity index (χ1n) is 12.0. The maximum absolute atomic E-state index is 13.3. The third-order valence-electron chi connectivity index (χ3n) is 6.57. The summed E-state index contributed by atoms with van der Waals surface area (Å²) in [6.45, 7) is 6.59. The van der Waals surface area contributed by atoms with Crippen LogP contribution in [0.2, 0.25) is 10.0 Å². The summed E-state index contributed by atoms with van der Waals surface area (Å²) in [7, 11) is 0. The minimum absolute atomic E-state index is 0.176. The highest BCUT2D eigenvalue weighted by molar-refractivity contribution is 6.37. The molecule has 1 fully saturated rings. The molecule has 1 aromatic heterocycles. The molecule has 1 aliphatic heterocycles. The first-order chi connectivity index (χ1) is 17.9. The molecule has 3 aromatic carbocycles. The number of ketones is 1. The lowest BCUT2D eigenvalue weighted by Gasteiger charge is -2.24. The Bertz CT molecular complexity index is 1550. The highest BCUT2D eigenvalue weighted by atomic mass is 35.5. The first kappa shape index (κ1) is 25.3. The van der Waals surface area contributed by atoms with Crippen LogP contribution in [0.1, 0.15) is 35.3 Å². The Morgan fingerprint density at radius 1 is 0.946 bits per heavy atom. The van der Waals surface area contributed by atoms with E-state index < -0.39 is 6.09 Å². The summed E-state index contributed by atoms with van der Waals surface area (Å²) in [6, 6.07) is 16.5. The molecule has 0 radical (unpaired) electrons. The highest BCUT2D eigenvalue weighted by Gasteiger charge is 2.19. The molecule has 1 saturated heterocycles. The quantitative estimate of drug-likeness (QED) is 0.125. The molecule has 7 nitrogen and oxygen atoms in total. The van der Waals surface area contributed by atoms with E-state index in [1.165, 1.54) is 0 Å². The Morgan fingerprint density at radius 2 is 1.59 bits per heavy atom. The Morgan fingerprint density at radius 3 is 2.24 bits per heavy atom. The smallest absolute Gasteiger partial charge is 0.378 e. The van der Waals surface area contributed by atoms with Gasteiger partial charge >= 0.3 is 6.09 Å². The Hall–Kier alpha value is -3.39. The first-order valence-corrected chi connectivity index (χ1v) is 12.8. The molecular formula is C28H25Cl2N3O4. The predicted molar refractivity (Wildman–Crippen MR) is 146 cm³/mol. The van der Waals surface area contributed by atoms with Crippen molar-refractivity contribution in [3.05, 3.63) is 81.3 Å². The zero-order chi connectivity index (χ0) is 26.1. The number of carbonyl (C=O) groups is 2. The van der Waals surface area contributed by atoms with Crippen LogP contribution in [0, 0.1) is 0 Å². The van der Waals surface area contributed by atoms with Gasteiger partial charge in [-0.25, -0.2) is 4.79 Å². The summed E-state index contributed by atoms with van der Waals surface area (Å²) in [5, 5.41) is 6.78. The van der Waals surface area contributed by atoms with Gasteiger partial charge in [-0.2, -0.15) is 0 Å². The van der Waals surface area contributed by atoms with E-state index in [1.54, 1.807) is 30.0 Å². The van der Waals surface area contributed by atoms with Gasteiger partial charge in [0.1, 0.15) is 0 Å². The molecular weight excluding hydrogens is 513 g/mol. The summed E-state index contributed by atoms with van der Waals surface area (Å²) in [5.74, 6) is -0.176. The Labute approximate surface area is 224 Å². The molecule has 9 heteroatoms. The van der Waals surface area contributed by atoms with Crippen molar-refractivity contribution in [3.8, 4) is 0 Å². The number of hydrogen-bond acceptors (Lipinski definition) is 5. The van der Waals surface area contributed by atoms with Crippen LogP contribution in [0.3, 0.4) is 0 Å². The van der Waals surface area contributed by atoms with Crippen LogP contribution >= 0.6 is 23.2 Å². The molecule has 4 aromatic rings. The number of oxime groups is 1. The van der Waals surface area contributed by atoms with Crippen molar-refractivity contribution in [3.63, 3.8) is 0 Å². The van der Waals surface area contributed by atoms with Crippen LogP contribution in [0.25, 0.3) is 21.8 Å². The molecule has 2 heterocycles. The van der Waals surface area contributed by atoms with Crippen LogP contribution in [-0.2, 0) is 16.1 Å². The largest absolute Gasteiger partial charge is 0.436 e. The average Bonchev–Trinajstić information content (AvgIpc) is 3.23. The molecule has 0 atom stereocenters. The normalized spacial score (nSPS) is 14.4. The Kier molecular flexibility index (Phi) is 7.20. The number of amides is 1. The number of carbonyl (C=O) groups excluding carboxylic acids is 2. The van der Waals surface area contributed by atoms with Crippen molar-refractivity contribution in [2.75, 3.05) is 26.3 Å². The molecule has 1 amide bonds. The molecule has 0 bridgehead atoms. The molecule has 0 N–H and O–H groups in total. The van der Waals surface area contributed by atoms with Crippen LogP contribution < -0.4 is 0 Å². The molecule has 5 rings (SSSR count). The fraction of sp³-hybridized carbons (Fsp3) is 0.250. The molecule has 0 spiro atoms. The van der Waals surface area contributed by atoms with Crippen LogP contribution in [0.4, 0.5) is 4.79 Å². The number of benzene rings is 3. The van der Waals surface area contributed by atoms with Gasteiger partial charge in [0, 0.05) is 57.6 Å². The van der Waals surface area contributed by atoms with Gasteiger partial charge in [0.25, 0.3) is 0 Å². The number of rotatable bonds is 5. The van der Waals surface area contributed by atoms with Crippen LogP contribution in [0.5, 0.6) is 0 Å². The number of hydrogen-bond donors (Lipinski definition) is 0. The lowest BCUT2D eigenvalue weighted by Crippen LogP contribution is -2.40. The zero-order valence-electron chi connectivity index (χ0n) is 20.5. The summed E-state index contributed by atoms with van der Waals surface area (Å²) in [6.07, 6.45) is -0.490. The van der Waals surface area contributed by atoms with E-state index in [-0.39, 0.29) is 5.78 Å². The Balaban J connectivity index is 1.51. The van der Waals surface area contributed by atoms with Gasteiger partial charge in [-0.1, -0.05) is 34.4 Å². The van der Waals surface area contributed by atoms with Crippen molar-refractivity contribution < 1.29 is 19.2 Å². The van der Waals surface area contributed by atoms with Gasteiger partial charge in [-0.15, -0.1) is 0 Å². The van der Waals surface area contributed by atoms with Gasteiger partial charge in [-0.05, 0) is 67.9 Å². The second kappa shape index (κ2) is 10.5. The molecule has 37 heavy (non-hydrogen) atoms. The average molecular weight is 538 g/mol. The van der Waals surface area contributed by atoms with Crippen molar-refractivity contribution >= 4 is 62.6 Å². The van der Waals surface area contributed by atoms with Gasteiger partial charge in [-0.3, -0.25) is 9.63 Å².